The summed E-state index contributed by atoms with van der Waals surface area (Å²) >= 11 is 0. The monoisotopic (exact) mass is 280 g/mol. The molecule has 0 unspecified atom stereocenters. The lowest BCUT2D eigenvalue weighted by molar-refractivity contribution is -0.870. The second-order valence-corrected chi connectivity index (χ2v) is 4.83. The highest BCUT2D eigenvalue weighted by molar-refractivity contribution is 7.46. The first kappa shape index (κ1) is 20.9. The molecule has 0 aromatic carbocycles. The van der Waals surface area contributed by atoms with E-state index in [2.05, 4.69) is 4.52 Å². The molecule has 100 valence electrons. The summed E-state index contributed by atoms with van der Waals surface area (Å²) in [5.41, 5.74) is 5.31. The van der Waals surface area contributed by atoms with Crippen LogP contribution in [0.5, 0.6) is 0 Å². The van der Waals surface area contributed by atoms with E-state index in [1.807, 2.05) is 21.1 Å². The standard InChI is InChI=1S/C5H14NO4P.ClH.HN2O2/c1-6(2,3)4-5-10-11(7,8)9;;1-2(3)4/h4-5H2,1-3H3,(H-,7,8,9);1H;(H-,1,3,4)/q;;-1. The zero-order valence-corrected chi connectivity index (χ0v) is 10.8. The Labute approximate surface area is 99.5 Å². The van der Waals surface area contributed by atoms with Gasteiger partial charge in [-0.25, -0.2) is 4.57 Å². The molecule has 0 saturated carbocycles. The summed E-state index contributed by atoms with van der Waals surface area (Å²) in [4.78, 5) is 16.6. The first-order valence-electron chi connectivity index (χ1n) is 3.80. The Morgan fingerprint density at radius 1 is 1.38 bits per heavy atom. The third kappa shape index (κ3) is 37.4. The predicted octanol–water partition coefficient (Wildman–Crippen LogP) is -3.17. The van der Waals surface area contributed by atoms with E-state index in [-0.39, 0.29) is 19.0 Å². The number of hydrogen-bond acceptors (Lipinski definition) is 5. The second kappa shape index (κ2) is 8.68. The van der Waals surface area contributed by atoms with Crippen LogP contribution in [-0.2, 0) is 9.09 Å². The molecule has 0 aromatic rings. The molecule has 16 heavy (non-hydrogen) atoms. The van der Waals surface area contributed by atoms with Gasteiger partial charge in [-0.1, -0.05) is 5.02 Å². The number of phosphoric ester groups is 1. The van der Waals surface area contributed by atoms with Gasteiger partial charge >= 0.3 is 7.82 Å². The highest BCUT2D eigenvalue weighted by Crippen LogP contribution is 2.35. The molecule has 0 atom stereocenters. The highest BCUT2D eigenvalue weighted by Gasteiger charge is 2.15. The number of hydrogen-bond donors (Lipinski definition) is 3. The Morgan fingerprint density at radius 3 is 1.88 bits per heavy atom. The van der Waals surface area contributed by atoms with Gasteiger partial charge in [0.25, 0.3) is 0 Å². The van der Waals surface area contributed by atoms with Crippen LogP contribution in [0.2, 0.25) is 0 Å². The van der Waals surface area contributed by atoms with Crippen molar-refractivity contribution >= 4 is 7.82 Å². The quantitative estimate of drug-likeness (QED) is 0.215. The van der Waals surface area contributed by atoms with Gasteiger partial charge in [-0.2, -0.15) is 0 Å². The number of likely N-dealkylation sites (N-methyl/N-ethyl adjacent to an activating group) is 1. The van der Waals surface area contributed by atoms with Crippen LogP contribution in [0, 0.1) is 15.9 Å². The minimum Gasteiger partial charge on any atom is -1.00 e. The van der Waals surface area contributed by atoms with E-state index in [0.29, 0.717) is 11.0 Å². The zero-order valence-electron chi connectivity index (χ0n) is 9.16. The van der Waals surface area contributed by atoms with Gasteiger partial charge < -0.3 is 37.1 Å². The van der Waals surface area contributed by atoms with Crippen LogP contribution in [0.1, 0.15) is 0 Å². The molecule has 0 radical (unpaired) electrons. The molecule has 11 heteroatoms. The van der Waals surface area contributed by atoms with Crippen molar-refractivity contribution in [3.63, 3.8) is 0 Å². The Hall–Kier alpha value is -0.440. The third-order valence-electron chi connectivity index (χ3n) is 1.02. The average Bonchev–Trinajstić information content (AvgIpc) is 1.77. The fraction of sp³-hybridized carbons (Fsp3) is 1.00. The van der Waals surface area contributed by atoms with Crippen LogP contribution in [-0.4, -0.2) is 53.6 Å². The summed E-state index contributed by atoms with van der Waals surface area (Å²) < 4.78 is 15.1. The van der Waals surface area contributed by atoms with Crippen LogP contribution in [0.3, 0.4) is 0 Å². The van der Waals surface area contributed by atoms with Gasteiger partial charge in [0.05, 0.1) is 21.1 Å². The summed E-state index contributed by atoms with van der Waals surface area (Å²) in [7, 11) is 1.50. The molecule has 0 aliphatic rings. The summed E-state index contributed by atoms with van der Waals surface area (Å²) in [6, 6.07) is 0. The van der Waals surface area contributed by atoms with Crippen LogP contribution in [0.15, 0.2) is 0 Å². The van der Waals surface area contributed by atoms with Crippen molar-refractivity contribution in [3.05, 3.63) is 10.4 Å². The van der Waals surface area contributed by atoms with Gasteiger partial charge in [-0.15, -0.1) is 0 Å². The van der Waals surface area contributed by atoms with Gasteiger partial charge in [0, 0.05) is 0 Å². The van der Waals surface area contributed by atoms with Crippen molar-refractivity contribution in [1.29, 1.82) is 5.53 Å². The first-order valence-corrected chi connectivity index (χ1v) is 5.33. The molecule has 0 rings (SSSR count). The third-order valence-corrected chi connectivity index (χ3v) is 1.54. The maximum atomic E-state index is 10.2. The van der Waals surface area contributed by atoms with Crippen LogP contribution in [0.25, 0.3) is 0 Å². The molecular formula is C5H16ClN3O6P-. The molecule has 0 aliphatic carbocycles. The summed E-state index contributed by atoms with van der Waals surface area (Å²) in [6.45, 7) is 0.652. The van der Waals surface area contributed by atoms with E-state index in [1.165, 1.54) is 0 Å². The molecule has 0 spiro atoms. The van der Waals surface area contributed by atoms with Gasteiger partial charge in [0.15, 0.2) is 0 Å². The lowest BCUT2D eigenvalue weighted by atomic mass is 10.5. The summed E-state index contributed by atoms with van der Waals surface area (Å²) in [5, 5.41) is 15.7. The largest absolute Gasteiger partial charge is 1.00 e. The molecule has 3 N–H and O–H groups in total. The molecule has 0 aliphatic heterocycles. The fourth-order valence-electron chi connectivity index (χ4n) is 0.434. The van der Waals surface area contributed by atoms with E-state index in [4.69, 9.17) is 25.7 Å². The maximum Gasteiger partial charge on any atom is 0.469 e. The molecule has 0 bridgehead atoms. The Morgan fingerprint density at radius 2 is 1.69 bits per heavy atom. The van der Waals surface area contributed by atoms with Gasteiger partial charge in [-0.3, -0.25) is 4.52 Å². The van der Waals surface area contributed by atoms with Crippen molar-refractivity contribution in [2.75, 3.05) is 34.3 Å². The summed E-state index contributed by atoms with van der Waals surface area (Å²) in [6.07, 6.45) is 0. The van der Waals surface area contributed by atoms with Gasteiger partial charge in [-0.05, 0) is 5.53 Å². The van der Waals surface area contributed by atoms with E-state index < -0.39 is 12.8 Å². The van der Waals surface area contributed by atoms with E-state index in [9.17, 15) is 4.57 Å². The normalized spacial score (nSPS) is 10.8. The van der Waals surface area contributed by atoms with E-state index in [0.717, 1.165) is 0 Å². The summed E-state index contributed by atoms with van der Waals surface area (Å²) in [5.74, 6) is 0. The molecule has 0 fully saturated rings. The minimum absolute atomic E-state index is 0. The Balaban J connectivity index is -0.000000292. The Bertz CT molecular complexity index is 235. The molecule has 0 amide bonds. The predicted molar refractivity (Wildman–Crippen MR) is 50.6 cm³/mol. The van der Waals surface area contributed by atoms with Crippen LogP contribution in [0.4, 0.5) is 0 Å². The van der Waals surface area contributed by atoms with Crippen molar-refractivity contribution in [3.8, 4) is 0 Å². The minimum atomic E-state index is -4.26. The van der Waals surface area contributed by atoms with Crippen molar-refractivity contribution < 1.29 is 40.8 Å². The number of quaternary nitrogens is 1. The van der Waals surface area contributed by atoms with Crippen molar-refractivity contribution in [2.45, 2.75) is 0 Å². The lowest BCUT2D eigenvalue weighted by Gasteiger charge is -2.23. The van der Waals surface area contributed by atoms with Crippen LogP contribution < -0.4 is 12.4 Å². The maximum absolute atomic E-state index is 10.2. The van der Waals surface area contributed by atoms with E-state index >= 15 is 0 Å². The number of halogens is 1. The Kier molecular flexibility index (Phi) is 11.3. The number of nitrogens with zero attached hydrogens (tertiary/aromatic N) is 2. The average molecular weight is 281 g/mol. The van der Waals surface area contributed by atoms with Gasteiger partial charge in [0.1, 0.15) is 13.2 Å². The van der Waals surface area contributed by atoms with Crippen molar-refractivity contribution in [1.82, 2.24) is 0 Å². The fourth-order valence-corrected chi connectivity index (χ4v) is 0.753. The number of phosphoric acid groups is 1. The smallest absolute Gasteiger partial charge is 0.469 e. The number of rotatable bonds is 4. The second-order valence-electron chi connectivity index (χ2n) is 3.59. The van der Waals surface area contributed by atoms with E-state index in [1.54, 1.807) is 0 Å². The SMILES string of the molecule is C[N+](C)(C)CCOP(=O)(O)O.N=[N+]([O-])[O-].[Cl-]. The number of nitrogens with one attached hydrogen (secondary N) is 1. The zero-order chi connectivity index (χ0) is 12.7. The lowest BCUT2D eigenvalue weighted by Crippen LogP contribution is -3.00. The van der Waals surface area contributed by atoms with Crippen LogP contribution >= 0.6 is 7.82 Å². The van der Waals surface area contributed by atoms with Crippen molar-refractivity contribution in [2.24, 2.45) is 0 Å². The molecule has 0 heterocycles. The topological polar surface area (TPSA) is 140 Å². The molecule has 0 saturated heterocycles. The molecular weight excluding hydrogens is 264 g/mol. The van der Waals surface area contributed by atoms with Gasteiger partial charge in [0.2, 0.25) is 0 Å². The highest BCUT2D eigenvalue weighted by atomic mass is 35.5. The first-order chi connectivity index (χ1) is 6.44. The molecule has 0 aromatic heterocycles. The molecule has 9 nitrogen and oxygen atoms in total.